The predicted octanol–water partition coefficient (Wildman–Crippen LogP) is 1.55. The van der Waals surface area contributed by atoms with E-state index in [-0.39, 0.29) is 18.3 Å². The number of carbonyl (C=O) groups is 1. The van der Waals surface area contributed by atoms with Crippen LogP contribution in [0.2, 0.25) is 0 Å². The van der Waals surface area contributed by atoms with Crippen LogP contribution in [-0.2, 0) is 14.8 Å². The maximum Gasteiger partial charge on any atom is 0.303 e. The highest BCUT2D eigenvalue weighted by atomic mass is 32.2. The standard InChI is InChI=1S/C12H23NO4S/c1-9(2)18(16,17)13-6-4-5-11(8-13)10(3)7-12(14)15/h9-11H,4-8H2,1-3H3,(H,14,15). The maximum absolute atomic E-state index is 12.1. The van der Waals surface area contributed by atoms with Gasteiger partial charge in [-0.2, -0.15) is 0 Å². The van der Waals surface area contributed by atoms with E-state index in [0.29, 0.717) is 13.1 Å². The van der Waals surface area contributed by atoms with Crippen molar-refractivity contribution >= 4 is 16.0 Å². The third-order valence-electron chi connectivity index (χ3n) is 3.68. The molecule has 0 aromatic rings. The van der Waals surface area contributed by atoms with Gasteiger partial charge in [0.05, 0.1) is 5.25 Å². The number of rotatable bonds is 5. The Hall–Kier alpha value is -0.620. The van der Waals surface area contributed by atoms with Gasteiger partial charge in [0.25, 0.3) is 0 Å². The molecule has 1 heterocycles. The first-order valence-electron chi connectivity index (χ1n) is 6.46. The van der Waals surface area contributed by atoms with Gasteiger partial charge >= 0.3 is 5.97 Å². The van der Waals surface area contributed by atoms with Crippen LogP contribution < -0.4 is 0 Å². The Balaban J connectivity index is 2.70. The van der Waals surface area contributed by atoms with Crippen LogP contribution >= 0.6 is 0 Å². The molecule has 1 rings (SSSR count). The zero-order valence-electron chi connectivity index (χ0n) is 11.3. The maximum atomic E-state index is 12.1. The monoisotopic (exact) mass is 277 g/mol. The van der Waals surface area contributed by atoms with Gasteiger partial charge in [-0.3, -0.25) is 4.79 Å². The van der Waals surface area contributed by atoms with E-state index in [2.05, 4.69) is 0 Å². The molecule has 0 aliphatic carbocycles. The highest BCUT2D eigenvalue weighted by molar-refractivity contribution is 7.89. The number of sulfonamides is 1. The van der Waals surface area contributed by atoms with Gasteiger partial charge in [0, 0.05) is 19.5 Å². The molecule has 1 aliphatic heterocycles. The lowest BCUT2D eigenvalue weighted by Gasteiger charge is -2.35. The fourth-order valence-electron chi connectivity index (χ4n) is 2.41. The van der Waals surface area contributed by atoms with Gasteiger partial charge in [-0.25, -0.2) is 12.7 Å². The molecule has 1 aliphatic rings. The van der Waals surface area contributed by atoms with Crippen molar-refractivity contribution in [1.29, 1.82) is 0 Å². The Morgan fingerprint density at radius 2 is 2.00 bits per heavy atom. The van der Waals surface area contributed by atoms with Gasteiger partial charge in [-0.15, -0.1) is 0 Å². The van der Waals surface area contributed by atoms with Crippen molar-refractivity contribution in [2.24, 2.45) is 11.8 Å². The summed E-state index contributed by atoms with van der Waals surface area (Å²) in [5, 5.41) is 8.39. The molecule has 0 radical (unpaired) electrons. The molecule has 0 amide bonds. The second-order valence-corrected chi connectivity index (χ2v) is 7.92. The summed E-state index contributed by atoms with van der Waals surface area (Å²) in [5.41, 5.74) is 0. The fraction of sp³-hybridized carbons (Fsp3) is 0.917. The first kappa shape index (κ1) is 15.4. The van der Waals surface area contributed by atoms with Crippen molar-refractivity contribution in [2.75, 3.05) is 13.1 Å². The Morgan fingerprint density at radius 1 is 1.39 bits per heavy atom. The van der Waals surface area contributed by atoms with Crippen molar-refractivity contribution in [2.45, 2.75) is 45.3 Å². The molecular weight excluding hydrogens is 254 g/mol. The van der Waals surface area contributed by atoms with E-state index >= 15 is 0 Å². The average molecular weight is 277 g/mol. The number of hydrogen-bond acceptors (Lipinski definition) is 3. The number of carboxylic acid groups (broad SMARTS) is 1. The number of piperidine rings is 1. The van der Waals surface area contributed by atoms with E-state index in [9.17, 15) is 13.2 Å². The molecule has 18 heavy (non-hydrogen) atoms. The minimum Gasteiger partial charge on any atom is -0.481 e. The summed E-state index contributed by atoms with van der Waals surface area (Å²) >= 11 is 0. The highest BCUT2D eigenvalue weighted by Gasteiger charge is 2.33. The second kappa shape index (κ2) is 6.02. The van der Waals surface area contributed by atoms with E-state index < -0.39 is 21.2 Å². The lowest BCUT2D eigenvalue weighted by molar-refractivity contribution is -0.138. The van der Waals surface area contributed by atoms with Crippen molar-refractivity contribution in [3.8, 4) is 0 Å². The summed E-state index contributed by atoms with van der Waals surface area (Å²) in [4.78, 5) is 10.7. The summed E-state index contributed by atoms with van der Waals surface area (Å²) < 4.78 is 25.7. The quantitative estimate of drug-likeness (QED) is 0.827. The third kappa shape index (κ3) is 3.68. The van der Waals surface area contributed by atoms with Crippen LogP contribution in [0.5, 0.6) is 0 Å². The summed E-state index contributed by atoms with van der Waals surface area (Å²) in [5.74, 6) is -0.637. The molecule has 0 saturated carbocycles. The molecule has 2 atom stereocenters. The minimum absolute atomic E-state index is 0.0210. The largest absolute Gasteiger partial charge is 0.481 e. The lowest BCUT2D eigenvalue weighted by Crippen LogP contribution is -2.44. The SMILES string of the molecule is CC(CC(=O)O)C1CCCN(S(=O)(=O)C(C)C)C1. The summed E-state index contributed by atoms with van der Waals surface area (Å²) in [7, 11) is -3.21. The summed E-state index contributed by atoms with van der Waals surface area (Å²) in [6.45, 7) is 6.29. The summed E-state index contributed by atoms with van der Waals surface area (Å²) in [6.07, 6.45) is 1.85. The van der Waals surface area contributed by atoms with Gasteiger partial charge in [0.15, 0.2) is 0 Å². The Labute approximate surface area is 109 Å². The topological polar surface area (TPSA) is 74.7 Å². The second-order valence-electron chi connectivity index (χ2n) is 5.43. The Bertz CT molecular complexity index is 391. The molecule has 5 nitrogen and oxygen atoms in total. The first-order chi connectivity index (χ1) is 8.25. The van der Waals surface area contributed by atoms with Crippen LogP contribution in [0.4, 0.5) is 0 Å². The van der Waals surface area contributed by atoms with E-state index in [1.54, 1.807) is 13.8 Å². The van der Waals surface area contributed by atoms with Crippen molar-refractivity contribution in [3.05, 3.63) is 0 Å². The van der Waals surface area contributed by atoms with Crippen LogP contribution in [0.25, 0.3) is 0 Å². The lowest BCUT2D eigenvalue weighted by atomic mass is 9.85. The minimum atomic E-state index is -3.21. The van der Waals surface area contributed by atoms with E-state index in [0.717, 1.165) is 12.8 Å². The van der Waals surface area contributed by atoms with Crippen LogP contribution in [0.15, 0.2) is 0 Å². The zero-order chi connectivity index (χ0) is 13.9. The van der Waals surface area contributed by atoms with E-state index in [1.165, 1.54) is 4.31 Å². The average Bonchev–Trinajstić information content (AvgIpc) is 2.28. The van der Waals surface area contributed by atoms with Gasteiger partial charge in [-0.1, -0.05) is 6.92 Å². The number of carboxylic acids is 1. The fourth-order valence-corrected chi connectivity index (χ4v) is 3.79. The molecule has 106 valence electrons. The highest BCUT2D eigenvalue weighted by Crippen LogP contribution is 2.28. The number of nitrogens with zero attached hydrogens (tertiary/aromatic N) is 1. The molecule has 1 fully saturated rings. The van der Waals surface area contributed by atoms with Crippen molar-refractivity contribution in [1.82, 2.24) is 4.31 Å². The van der Waals surface area contributed by atoms with E-state index in [4.69, 9.17) is 5.11 Å². The Kier molecular flexibility index (Phi) is 5.16. The van der Waals surface area contributed by atoms with Gasteiger partial charge in [-0.05, 0) is 38.5 Å². The van der Waals surface area contributed by atoms with Crippen LogP contribution in [0.1, 0.15) is 40.0 Å². The smallest absolute Gasteiger partial charge is 0.303 e. The molecule has 6 heteroatoms. The molecule has 1 saturated heterocycles. The molecule has 0 aromatic heterocycles. The first-order valence-corrected chi connectivity index (χ1v) is 7.96. The van der Waals surface area contributed by atoms with Gasteiger partial charge in [0.1, 0.15) is 0 Å². The third-order valence-corrected chi connectivity index (χ3v) is 5.92. The Morgan fingerprint density at radius 3 is 2.50 bits per heavy atom. The predicted molar refractivity (Wildman–Crippen MR) is 69.8 cm³/mol. The molecular formula is C12H23NO4S. The van der Waals surface area contributed by atoms with Crippen molar-refractivity contribution in [3.63, 3.8) is 0 Å². The molecule has 0 aromatic carbocycles. The molecule has 2 unspecified atom stereocenters. The zero-order valence-corrected chi connectivity index (χ0v) is 12.1. The van der Waals surface area contributed by atoms with Crippen molar-refractivity contribution < 1.29 is 18.3 Å². The van der Waals surface area contributed by atoms with Crippen LogP contribution in [-0.4, -0.2) is 42.1 Å². The van der Waals surface area contributed by atoms with Gasteiger partial charge in [0.2, 0.25) is 10.0 Å². The van der Waals surface area contributed by atoms with Gasteiger partial charge < -0.3 is 5.11 Å². The molecule has 0 bridgehead atoms. The number of aliphatic carboxylic acids is 1. The summed E-state index contributed by atoms with van der Waals surface area (Å²) in [6, 6.07) is 0. The molecule has 1 N–H and O–H groups in total. The normalized spacial score (nSPS) is 24.1. The van der Waals surface area contributed by atoms with Crippen LogP contribution in [0.3, 0.4) is 0 Å². The van der Waals surface area contributed by atoms with E-state index in [1.807, 2.05) is 6.92 Å². The molecule has 0 spiro atoms. The van der Waals surface area contributed by atoms with Crippen LogP contribution in [0, 0.1) is 11.8 Å². The number of hydrogen-bond donors (Lipinski definition) is 1.